The summed E-state index contributed by atoms with van der Waals surface area (Å²) in [4.78, 5) is 0. The van der Waals surface area contributed by atoms with Crippen LogP contribution in [-0.4, -0.2) is 17.6 Å². The monoisotopic (exact) mass is 220 g/mol. The minimum Gasteiger partial charge on any atom is -0.383 e. The Morgan fingerprint density at radius 2 is 1.67 bits per heavy atom. The summed E-state index contributed by atoms with van der Waals surface area (Å²) in [5.41, 5.74) is -0.447. The summed E-state index contributed by atoms with van der Waals surface area (Å²) >= 11 is 0. The van der Waals surface area contributed by atoms with Crippen molar-refractivity contribution in [2.24, 2.45) is 0 Å². The van der Waals surface area contributed by atoms with Crippen molar-refractivity contribution in [3.05, 3.63) is 41.5 Å². The van der Waals surface area contributed by atoms with Crippen LogP contribution in [0.25, 0.3) is 6.08 Å². The van der Waals surface area contributed by atoms with E-state index >= 15 is 0 Å². The topological polar surface area (TPSA) is 20.2 Å². The zero-order chi connectivity index (χ0) is 11.4. The molecule has 0 fully saturated rings. The molecule has 1 N–H and O–H groups in total. The maximum Gasteiger partial charge on any atom is 0.267 e. The van der Waals surface area contributed by atoms with Crippen molar-refractivity contribution in [3.8, 4) is 0 Å². The second kappa shape index (κ2) is 4.93. The largest absolute Gasteiger partial charge is 0.383 e. The Bertz CT molecular complexity index is 342. The van der Waals surface area contributed by atoms with Crippen LogP contribution in [0.3, 0.4) is 0 Å². The number of alkyl halides is 2. The number of aliphatic hydroxyl groups excluding tert-OH is 1. The number of halogens is 4. The van der Waals surface area contributed by atoms with Crippen molar-refractivity contribution in [2.45, 2.75) is 12.5 Å². The first kappa shape index (κ1) is 11.7. The van der Waals surface area contributed by atoms with Gasteiger partial charge in [-0.3, -0.25) is 0 Å². The standard InChI is InChI=1S/C10H8F4O/c11-7-2-1-3-8(12)6(7)4-5-9(15)10(13)14/h1-5,9-10,15H/b5-4+. The van der Waals surface area contributed by atoms with E-state index in [4.69, 9.17) is 5.11 Å². The van der Waals surface area contributed by atoms with E-state index in [0.717, 1.165) is 24.3 Å². The number of aliphatic hydroxyl groups is 1. The van der Waals surface area contributed by atoms with Gasteiger partial charge in [0.05, 0.1) is 0 Å². The van der Waals surface area contributed by atoms with Crippen LogP contribution < -0.4 is 0 Å². The maximum atomic E-state index is 12.9. The molecule has 1 atom stereocenters. The Kier molecular flexibility index (Phi) is 3.85. The molecular weight excluding hydrogens is 212 g/mol. The third-order valence-corrected chi connectivity index (χ3v) is 1.72. The lowest BCUT2D eigenvalue weighted by molar-refractivity contribution is 0.0245. The Hall–Kier alpha value is -1.36. The van der Waals surface area contributed by atoms with Gasteiger partial charge in [0.2, 0.25) is 0 Å². The Morgan fingerprint density at radius 1 is 1.13 bits per heavy atom. The Morgan fingerprint density at radius 3 is 2.13 bits per heavy atom. The number of hydrogen-bond acceptors (Lipinski definition) is 1. The molecule has 0 saturated heterocycles. The molecule has 0 aromatic heterocycles. The molecule has 0 aliphatic rings. The lowest BCUT2D eigenvalue weighted by Gasteiger charge is -2.03. The van der Waals surface area contributed by atoms with Gasteiger partial charge in [0.15, 0.2) is 0 Å². The Balaban J connectivity index is 2.89. The molecule has 0 heterocycles. The molecule has 82 valence electrons. The summed E-state index contributed by atoms with van der Waals surface area (Å²) in [6, 6.07) is 3.15. The maximum absolute atomic E-state index is 12.9. The Labute approximate surface area is 83.7 Å². The fraction of sp³-hybridized carbons (Fsp3) is 0.200. The molecule has 1 aromatic carbocycles. The zero-order valence-corrected chi connectivity index (χ0v) is 7.50. The lowest BCUT2D eigenvalue weighted by Crippen LogP contribution is -2.13. The molecule has 1 aromatic rings. The summed E-state index contributed by atoms with van der Waals surface area (Å²) in [6.07, 6.45) is -3.56. The van der Waals surface area contributed by atoms with Crippen molar-refractivity contribution in [1.29, 1.82) is 0 Å². The van der Waals surface area contributed by atoms with Crippen molar-refractivity contribution >= 4 is 6.08 Å². The molecule has 0 spiro atoms. The molecule has 0 bridgehead atoms. The highest BCUT2D eigenvalue weighted by atomic mass is 19.3. The van der Waals surface area contributed by atoms with Gasteiger partial charge in [0.25, 0.3) is 6.43 Å². The normalized spacial score (nSPS) is 13.7. The van der Waals surface area contributed by atoms with E-state index in [9.17, 15) is 17.6 Å². The smallest absolute Gasteiger partial charge is 0.267 e. The first-order valence-electron chi connectivity index (χ1n) is 4.11. The van der Waals surface area contributed by atoms with E-state index in [0.29, 0.717) is 6.08 Å². The van der Waals surface area contributed by atoms with Crippen molar-refractivity contribution in [2.75, 3.05) is 0 Å². The summed E-state index contributed by atoms with van der Waals surface area (Å²) in [5, 5.41) is 8.69. The van der Waals surface area contributed by atoms with Gasteiger partial charge in [-0.1, -0.05) is 12.1 Å². The molecule has 1 unspecified atom stereocenters. The van der Waals surface area contributed by atoms with E-state index < -0.39 is 29.7 Å². The predicted octanol–water partition coefficient (Wildman–Crippen LogP) is 2.60. The highest BCUT2D eigenvalue weighted by Crippen LogP contribution is 2.14. The number of hydrogen-bond donors (Lipinski definition) is 1. The first-order valence-corrected chi connectivity index (χ1v) is 4.11. The van der Waals surface area contributed by atoms with Gasteiger partial charge < -0.3 is 5.11 Å². The van der Waals surface area contributed by atoms with Crippen LogP contribution in [0.15, 0.2) is 24.3 Å². The number of rotatable bonds is 3. The van der Waals surface area contributed by atoms with Crippen LogP contribution in [0.2, 0.25) is 0 Å². The molecule has 5 heteroatoms. The third kappa shape index (κ3) is 3.06. The van der Waals surface area contributed by atoms with Gasteiger partial charge in [0.1, 0.15) is 17.7 Å². The highest BCUT2D eigenvalue weighted by molar-refractivity contribution is 5.51. The average molecular weight is 220 g/mol. The third-order valence-electron chi connectivity index (χ3n) is 1.72. The van der Waals surface area contributed by atoms with Gasteiger partial charge in [-0.25, -0.2) is 17.6 Å². The highest BCUT2D eigenvalue weighted by Gasteiger charge is 2.13. The second-order valence-electron chi connectivity index (χ2n) is 2.82. The van der Waals surface area contributed by atoms with E-state index in [1.54, 1.807) is 0 Å². The average Bonchev–Trinajstić information content (AvgIpc) is 2.16. The molecule has 0 radical (unpaired) electrons. The van der Waals surface area contributed by atoms with E-state index in [1.807, 2.05) is 0 Å². The van der Waals surface area contributed by atoms with Crippen LogP contribution >= 0.6 is 0 Å². The van der Waals surface area contributed by atoms with Crippen molar-refractivity contribution < 1.29 is 22.7 Å². The summed E-state index contributed by atoms with van der Waals surface area (Å²) in [7, 11) is 0. The molecule has 0 aliphatic carbocycles. The van der Waals surface area contributed by atoms with Gasteiger partial charge >= 0.3 is 0 Å². The van der Waals surface area contributed by atoms with Crippen LogP contribution in [0.1, 0.15) is 5.56 Å². The van der Waals surface area contributed by atoms with Crippen LogP contribution in [0.5, 0.6) is 0 Å². The molecule has 1 nitrogen and oxygen atoms in total. The van der Waals surface area contributed by atoms with E-state index in [1.165, 1.54) is 0 Å². The molecule has 15 heavy (non-hydrogen) atoms. The molecule has 0 amide bonds. The van der Waals surface area contributed by atoms with Gasteiger partial charge in [0, 0.05) is 5.56 Å². The van der Waals surface area contributed by atoms with E-state index in [2.05, 4.69) is 0 Å². The SMILES string of the molecule is OC(/C=C/c1c(F)cccc1F)C(F)F. The quantitative estimate of drug-likeness (QED) is 0.776. The summed E-state index contributed by atoms with van der Waals surface area (Å²) in [6.45, 7) is 0. The summed E-state index contributed by atoms with van der Waals surface area (Å²) < 4.78 is 49.6. The van der Waals surface area contributed by atoms with Crippen LogP contribution in [0, 0.1) is 11.6 Å². The van der Waals surface area contributed by atoms with Crippen molar-refractivity contribution in [1.82, 2.24) is 0 Å². The zero-order valence-electron chi connectivity index (χ0n) is 7.50. The molecule has 0 saturated carbocycles. The molecular formula is C10H8F4O. The van der Waals surface area contributed by atoms with E-state index in [-0.39, 0.29) is 0 Å². The minimum atomic E-state index is -2.98. The first-order chi connectivity index (χ1) is 7.02. The van der Waals surface area contributed by atoms with Crippen LogP contribution in [-0.2, 0) is 0 Å². The lowest BCUT2D eigenvalue weighted by atomic mass is 10.1. The second-order valence-corrected chi connectivity index (χ2v) is 2.82. The molecule has 0 aliphatic heterocycles. The van der Waals surface area contributed by atoms with Crippen molar-refractivity contribution in [3.63, 3.8) is 0 Å². The molecule has 1 rings (SSSR count). The van der Waals surface area contributed by atoms with Gasteiger partial charge in [-0.15, -0.1) is 0 Å². The summed E-state index contributed by atoms with van der Waals surface area (Å²) in [5.74, 6) is -1.74. The van der Waals surface area contributed by atoms with Gasteiger partial charge in [-0.2, -0.15) is 0 Å². The van der Waals surface area contributed by atoms with Crippen LogP contribution in [0.4, 0.5) is 17.6 Å². The predicted molar refractivity (Wildman–Crippen MR) is 47.4 cm³/mol. The van der Waals surface area contributed by atoms with Gasteiger partial charge in [-0.05, 0) is 18.2 Å². The fourth-order valence-electron chi connectivity index (χ4n) is 0.949. The number of benzene rings is 1. The minimum absolute atomic E-state index is 0.447. The fourth-order valence-corrected chi connectivity index (χ4v) is 0.949.